The minimum atomic E-state index is -0.419. The van der Waals surface area contributed by atoms with Crippen molar-refractivity contribution in [3.63, 3.8) is 0 Å². The van der Waals surface area contributed by atoms with Gasteiger partial charge >= 0.3 is 0 Å². The summed E-state index contributed by atoms with van der Waals surface area (Å²) in [6, 6.07) is 14.3. The van der Waals surface area contributed by atoms with E-state index < -0.39 is 6.10 Å². The number of quaternary nitrogens is 1. The van der Waals surface area contributed by atoms with Gasteiger partial charge < -0.3 is 14.3 Å². The van der Waals surface area contributed by atoms with Gasteiger partial charge in [-0.15, -0.1) is 0 Å². The number of nitrogens with zero attached hydrogens (tertiary/aromatic N) is 1. The Morgan fingerprint density at radius 1 is 1.00 bits per heavy atom. The maximum atomic E-state index is 10.5. The summed E-state index contributed by atoms with van der Waals surface area (Å²) in [5.74, 6) is 0.862. The number of hydrogen-bond donors (Lipinski definition) is 1. The molecule has 1 aliphatic rings. The summed E-state index contributed by atoms with van der Waals surface area (Å²) in [7, 11) is 2.27. The van der Waals surface area contributed by atoms with E-state index in [0.29, 0.717) is 6.61 Å². The third-order valence-corrected chi connectivity index (χ3v) is 4.98. The molecule has 1 saturated heterocycles. The lowest BCUT2D eigenvalue weighted by Crippen LogP contribution is -2.50. The van der Waals surface area contributed by atoms with Crippen molar-refractivity contribution in [2.24, 2.45) is 0 Å². The second-order valence-electron chi connectivity index (χ2n) is 7.11. The molecule has 0 aromatic heterocycles. The highest BCUT2D eigenvalue weighted by molar-refractivity contribution is 5.88. The summed E-state index contributed by atoms with van der Waals surface area (Å²) in [6.07, 6.45) is 4.78. The van der Waals surface area contributed by atoms with Crippen molar-refractivity contribution in [3.05, 3.63) is 42.5 Å². The Morgan fingerprint density at radius 2 is 1.70 bits per heavy atom. The largest absolute Gasteiger partial charge is 0.490 e. The molecule has 3 nitrogen and oxygen atoms in total. The fourth-order valence-corrected chi connectivity index (χ4v) is 3.70. The van der Waals surface area contributed by atoms with Crippen LogP contribution in [0, 0.1) is 0 Å². The molecule has 0 spiro atoms. The van der Waals surface area contributed by atoms with Crippen LogP contribution in [0.4, 0.5) is 0 Å². The molecule has 1 unspecified atom stereocenters. The highest BCUT2D eigenvalue weighted by atomic mass is 16.5. The fourth-order valence-electron chi connectivity index (χ4n) is 3.70. The molecule has 0 aliphatic carbocycles. The van der Waals surface area contributed by atoms with Gasteiger partial charge in [-0.3, -0.25) is 0 Å². The van der Waals surface area contributed by atoms with E-state index in [1.807, 2.05) is 24.3 Å². The fraction of sp³-hybridized carbons (Fsp3) is 0.500. The van der Waals surface area contributed by atoms with Gasteiger partial charge in [-0.25, -0.2) is 0 Å². The highest BCUT2D eigenvalue weighted by Gasteiger charge is 2.27. The summed E-state index contributed by atoms with van der Waals surface area (Å²) >= 11 is 0. The van der Waals surface area contributed by atoms with Gasteiger partial charge in [-0.2, -0.15) is 0 Å². The van der Waals surface area contributed by atoms with Gasteiger partial charge in [0, 0.05) is 5.39 Å². The molecule has 0 bridgehead atoms. The quantitative estimate of drug-likeness (QED) is 0.855. The van der Waals surface area contributed by atoms with Gasteiger partial charge in [-0.05, 0) is 37.1 Å². The van der Waals surface area contributed by atoms with E-state index in [1.165, 1.54) is 44.2 Å². The zero-order valence-electron chi connectivity index (χ0n) is 14.1. The van der Waals surface area contributed by atoms with Gasteiger partial charge in [0.2, 0.25) is 0 Å². The van der Waals surface area contributed by atoms with Gasteiger partial charge in [0.05, 0.1) is 20.1 Å². The zero-order valence-corrected chi connectivity index (χ0v) is 14.1. The SMILES string of the molecule is C[N+]1(CC(O)COc2cccc3ccccc23)CCCCCC1. The molecule has 1 fully saturated rings. The van der Waals surface area contributed by atoms with Gasteiger partial charge in [-0.1, -0.05) is 36.4 Å². The smallest absolute Gasteiger partial charge is 0.137 e. The number of ether oxygens (including phenoxy) is 1. The number of rotatable bonds is 5. The van der Waals surface area contributed by atoms with Crippen LogP contribution in [-0.2, 0) is 0 Å². The molecule has 1 aliphatic heterocycles. The van der Waals surface area contributed by atoms with Crippen molar-refractivity contribution in [1.29, 1.82) is 0 Å². The van der Waals surface area contributed by atoms with Crippen molar-refractivity contribution in [1.82, 2.24) is 0 Å². The first-order valence-electron chi connectivity index (χ1n) is 8.78. The second-order valence-corrected chi connectivity index (χ2v) is 7.11. The summed E-state index contributed by atoms with van der Waals surface area (Å²) in [4.78, 5) is 0. The topological polar surface area (TPSA) is 29.5 Å². The van der Waals surface area contributed by atoms with Gasteiger partial charge in [0.25, 0.3) is 0 Å². The molecule has 3 rings (SSSR count). The number of fused-ring (bicyclic) bond motifs is 1. The van der Waals surface area contributed by atoms with Crippen LogP contribution in [0.3, 0.4) is 0 Å². The van der Waals surface area contributed by atoms with E-state index in [4.69, 9.17) is 4.74 Å². The molecular weight excluding hydrogens is 286 g/mol. The summed E-state index contributed by atoms with van der Waals surface area (Å²) < 4.78 is 6.91. The molecular formula is C20H28NO2+. The first-order valence-corrected chi connectivity index (χ1v) is 8.78. The average molecular weight is 314 g/mol. The minimum absolute atomic E-state index is 0.363. The van der Waals surface area contributed by atoms with Gasteiger partial charge in [0.1, 0.15) is 25.0 Å². The zero-order chi connectivity index (χ0) is 16.1. The van der Waals surface area contributed by atoms with Crippen LogP contribution >= 0.6 is 0 Å². The lowest BCUT2D eigenvalue weighted by molar-refractivity contribution is -0.911. The maximum Gasteiger partial charge on any atom is 0.137 e. The molecule has 2 aromatic rings. The van der Waals surface area contributed by atoms with Crippen LogP contribution in [0.1, 0.15) is 25.7 Å². The molecule has 1 atom stereocenters. The van der Waals surface area contributed by atoms with Crippen LogP contribution < -0.4 is 4.74 Å². The molecule has 1 heterocycles. The highest BCUT2D eigenvalue weighted by Crippen LogP contribution is 2.25. The lowest BCUT2D eigenvalue weighted by atomic mass is 10.1. The Bertz CT molecular complexity index is 627. The summed E-state index contributed by atoms with van der Waals surface area (Å²) in [5.41, 5.74) is 0. The third kappa shape index (κ3) is 4.24. The van der Waals surface area contributed by atoms with E-state index in [2.05, 4.69) is 25.2 Å². The third-order valence-electron chi connectivity index (χ3n) is 4.98. The molecule has 2 aromatic carbocycles. The van der Waals surface area contributed by atoms with Crippen LogP contribution in [0.15, 0.2) is 42.5 Å². The Balaban J connectivity index is 1.60. The number of likely N-dealkylation sites (tertiary alicyclic amines) is 1. The average Bonchev–Trinajstić information content (AvgIpc) is 2.77. The molecule has 3 heteroatoms. The van der Waals surface area contributed by atoms with Crippen LogP contribution in [0.2, 0.25) is 0 Å². The molecule has 0 radical (unpaired) electrons. The first kappa shape index (κ1) is 16.3. The second kappa shape index (κ2) is 7.33. The van der Waals surface area contributed by atoms with Crippen LogP contribution in [0.5, 0.6) is 5.75 Å². The van der Waals surface area contributed by atoms with E-state index in [-0.39, 0.29) is 0 Å². The monoisotopic (exact) mass is 314 g/mol. The first-order chi connectivity index (χ1) is 11.2. The van der Waals surface area contributed by atoms with E-state index in [0.717, 1.165) is 22.2 Å². The van der Waals surface area contributed by atoms with Crippen molar-refractivity contribution < 1.29 is 14.3 Å². The van der Waals surface area contributed by atoms with Crippen molar-refractivity contribution in [2.45, 2.75) is 31.8 Å². The summed E-state index contributed by atoms with van der Waals surface area (Å²) in [5, 5.41) is 12.7. The maximum absolute atomic E-state index is 10.5. The Hall–Kier alpha value is -1.58. The lowest BCUT2D eigenvalue weighted by Gasteiger charge is -2.35. The number of likely N-dealkylation sites (N-methyl/N-ethyl adjacent to an activating group) is 1. The molecule has 0 amide bonds. The van der Waals surface area contributed by atoms with Crippen molar-refractivity contribution >= 4 is 10.8 Å². The van der Waals surface area contributed by atoms with Crippen LogP contribution in [-0.4, -0.2) is 49.0 Å². The Morgan fingerprint density at radius 3 is 2.48 bits per heavy atom. The van der Waals surface area contributed by atoms with Crippen molar-refractivity contribution in [2.75, 3.05) is 33.3 Å². The van der Waals surface area contributed by atoms with Gasteiger partial charge in [0.15, 0.2) is 0 Å². The summed E-state index contributed by atoms with van der Waals surface area (Å²) in [6.45, 7) is 3.49. The molecule has 23 heavy (non-hydrogen) atoms. The minimum Gasteiger partial charge on any atom is -0.490 e. The normalized spacial score (nSPS) is 19.2. The number of hydrogen-bond acceptors (Lipinski definition) is 2. The molecule has 0 saturated carbocycles. The predicted molar refractivity (Wildman–Crippen MR) is 94.7 cm³/mol. The standard InChI is InChI=1S/C20H28NO2/c1-21(13-6-2-3-7-14-21)15-18(22)16-23-20-12-8-10-17-9-4-5-11-19(17)20/h4-5,8-12,18,22H,2-3,6-7,13-16H2,1H3/q+1. The molecule has 124 valence electrons. The number of aliphatic hydroxyl groups is 1. The number of aliphatic hydroxyl groups excluding tert-OH is 1. The van der Waals surface area contributed by atoms with E-state index >= 15 is 0 Å². The van der Waals surface area contributed by atoms with Crippen molar-refractivity contribution in [3.8, 4) is 5.75 Å². The van der Waals surface area contributed by atoms with E-state index in [1.54, 1.807) is 0 Å². The van der Waals surface area contributed by atoms with E-state index in [9.17, 15) is 5.11 Å². The predicted octanol–water partition coefficient (Wildman–Crippen LogP) is 3.60. The van der Waals surface area contributed by atoms with Crippen LogP contribution in [0.25, 0.3) is 10.8 Å². The Labute approximate surface area is 139 Å². The number of benzene rings is 2. The molecule has 1 N–H and O–H groups in total. The Kier molecular flexibility index (Phi) is 5.19.